The zero-order chi connectivity index (χ0) is 18.4. The predicted molar refractivity (Wildman–Crippen MR) is 97.6 cm³/mol. The minimum absolute atomic E-state index is 0.279. The molecule has 0 radical (unpaired) electrons. The monoisotopic (exact) mass is 381 g/mol. The van der Waals surface area contributed by atoms with Crippen molar-refractivity contribution in [2.24, 2.45) is 0 Å². The molecule has 0 aliphatic heterocycles. The highest BCUT2D eigenvalue weighted by molar-refractivity contribution is 6.39. The number of ether oxygens (including phenoxy) is 2. The molecule has 132 valence electrons. The van der Waals surface area contributed by atoms with Gasteiger partial charge in [-0.1, -0.05) is 35.3 Å². The highest BCUT2D eigenvalue weighted by Crippen LogP contribution is 2.30. The molecule has 5 nitrogen and oxygen atoms in total. The second-order valence-electron chi connectivity index (χ2n) is 5.09. The van der Waals surface area contributed by atoms with E-state index >= 15 is 0 Å². The topological polar surface area (TPSA) is 64.6 Å². The van der Waals surface area contributed by atoms with Gasteiger partial charge in [0.05, 0.1) is 27.9 Å². The van der Waals surface area contributed by atoms with Crippen molar-refractivity contribution in [3.63, 3.8) is 0 Å². The Morgan fingerprint density at radius 3 is 2.40 bits per heavy atom. The first-order valence-electron chi connectivity index (χ1n) is 7.61. The largest absolute Gasteiger partial charge is 0.481 e. The summed E-state index contributed by atoms with van der Waals surface area (Å²) in [4.78, 5) is 24.0. The molecule has 0 unspecified atom stereocenters. The minimum Gasteiger partial charge on any atom is -0.481 e. The molecular weight excluding hydrogens is 365 g/mol. The number of amides is 1. The van der Waals surface area contributed by atoms with Crippen LogP contribution >= 0.6 is 23.2 Å². The van der Waals surface area contributed by atoms with E-state index in [1.165, 1.54) is 6.07 Å². The third-order valence-corrected chi connectivity index (χ3v) is 3.87. The van der Waals surface area contributed by atoms with Crippen LogP contribution in [0.3, 0.4) is 0 Å². The van der Waals surface area contributed by atoms with Crippen molar-refractivity contribution in [1.82, 2.24) is 0 Å². The fourth-order valence-electron chi connectivity index (χ4n) is 2.01. The van der Waals surface area contributed by atoms with Crippen molar-refractivity contribution >= 4 is 40.8 Å². The van der Waals surface area contributed by atoms with Crippen LogP contribution in [0.15, 0.2) is 42.5 Å². The second-order valence-corrected chi connectivity index (χ2v) is 5.91. The van der Waals surface area contributed by atoms with Crippen LogP contribution in [0.1, 0.15) is 24.2 Å². The Bertz CT molecular complexity index is 759. The van der Waals surface area contributed by atoms with Gasteiger partial charge in [-0.05, 0) is 44.2 Å². The number of halogens is 2. The molecule has 7 heteroatoms. The van der Waals surface area contributed by atoms with E-state index < -0.39 is 18.0 Å². The fourth-order valence-corrected chi connectivity index (χ4v) is 2.50. The summed E-state index contributed by atoms with van der Waals surface area (Å²) in [5.41, 5.74) is 0.674. The number of esters is 1. The molecule has 1 amide bonds. The molecule has 0 fully saturated rings. The lowest BCUT2D eigenvalue weighted by molar-refractivity contribution is -0.122. The number of hydrogen-bond acceptors (Lipinski definition) is 4. The molecule has 0 bridgehead atoms. The first-order chi connectivity index (χ1) is 11.9. The standard InChI is InChI=1S/C18H17Cl2NO4/c1-3-24-18(23)12-6-4-7-13(10-12)25-11(2)17(22)21-16-14(19)8-5-9-15(16)20/h4-11H,3H2,1-2H3,(H,21,22)/t11-/m0/s1. The summed E-state index contributed by atoms with van der Waals surface area (Å²) in [5, 5.41) is 3.30. The van der Waals surface area contributed by atoms with Crippen LogP contribution in [0.5, 0.6) is 5.75 Å². The van der Waals surface area contributed by atoms with Crippen molar-refractivity contribution in [2.45, 2.75) is 20.0 Å². The first-order valence-corrected chi connectivity index (χ1v) is 8.36. The molecule has 1 atom stereocenters. The van der Waals surface area contributed by atoms with E-state index in [9.17, 15) is 9.59 Å². The highest BCUT2D eigenvalue weighted by atomic mass is 35.5. The summed E-state index contributed by atoms with van der Waals surface area (Å²) >= 11 is 12.1. The van der Waals surface area contributed by atoms with Crippen LogP contribution in [-0.4, -0.2) is 24.6 Å². The summed E-state index contributed by atoms with van der Waals surface area (Å²) in [6, 6.07) is 11.4. The number of hydrogen-bond donors (Lipinski definition) is 1. The molecule has 0 heterocycles. The molecule has 2 aromatic rings. The van der Waals surface area contributed by atoms with Crippen molar-refractivity contribution in [3.8, 4) is 5.75 Å². The van der Waals surface area contributed by atoms with Crippen LogP contribution in [0, 0.1) is 0 Å². The van der Waals surface area contributed by atoms with E-state index in [-0.39, 0.29) is 6.61 Å². The van der Waals surface area contributed by atoms with Crippen LogP contribution in [0.25, 0.3) is 0 Å². The van der Waals surface area contributed by atoms with Crippen LogP contribution in [-0.2, 0) is 9.53 Å². The average Bonchev–Trinajstić information content (AvgIpc) is 2.58. The normalized spacial score (nSPS) is 11.5. The number of rotatable bonds is 6. The number of nitrogens with one attached hydrogen (secondary N) is 1. The number of para-hydroxylation sites is 1. The average molecular weight is 382 g/mol. The highest BCUT2D eigenvalue weighted by Gasteiger charge is 2.18. The second kappa shape index (κ2) is 8.74. The maximum Gasteiger partial charge on any atom is 0.338 e. The molecule has 0 saturated heterocycles. The molecule has 2 aromatic carbocycles. The van der Waals surface area contributed by atoms with Gasteiger partial charge < -0.3 is 14.8 Å². The predicted octanol–water partition coefficient (Wildman–Crippen LogP) is 4.58. The van der Waals surface area contributed by atoms with E-state index in [1.807, 2.05) is 0 Å². The zero-order valence-electron chi connectivity index (χ0n) is 13.7. The molecule has 0 aromatic heterocycles. The molecule has 0 aliphatic carbocycles. The van der Waals surface area contributed by atoms with Gasteiger partial charge in [-0.15, -0.1) is 0 Å². The number of anilines is 1. The molecule has 2 rings (SSSR count). The van der Waals surface area contributed by atoms with Crippen molar-refractivity contribution < 1.29 is 19.1 Å². The fraction of sp³-hybridized carbons (Fsp3) is 0.222. The SMILES string of the molecule is CCOC(=O)c1cccc(O[C@@H](C)C(=O)Nc2c(Cl)cccc2Cl)c1. The van der Waals surface area contributed by atoms with Gasteiger partial charge in [-0.25, -0.2) is 4.79 Å². The third-order valence-electron chi connectivity index (χ3n) is 3.24. The van der Waals surface area contributed by atoms with Gasteiger partial charge in [-0.3, -0.25) is 4.79 Å². The zero-order valence-corrected chi connectivity index (χ0v) is 15.2. The van der Waals surface area contributed by atoms with E-state index in [0.29, 0.717) is 27.0 Å². The summed E-state index contributed by atoms with van der Waals surface area (Å²) in [5.74, 6) is -0.497. The molecule has 0 spiro atoms. The molecule has 0 saturated carbocycles. The number of benzene rings is 2. The Balaban J connectivity index is 2.06. The van der Waals surface area contributed by atoms with Gasteiger partial charge in [0.25, 0.3) is 5.91 Å². The minimum atomic E-state index is -0.829. The van der Waals surface area contributed by atoms with Crippen LogP contribution < -0.4 is 10.1 Å². The van der Waals surface area contributed by atoms with Gasteiger partial charge in [-0.2, -0.15) is 0 Å². The Labute approximate surface area is 155 Å². The molecule has 1 N–H and O–H groups in total. The lowest BCUT2D eigenvalue weighted by Gasteiger charge is -2.16. The first kappa shape index (κ1) is 19.1. The van der Waals surface area contributed by atoms with Gasteiger partial charge in [0.1, 0.15) is 5.75 Å². The van der Waals surface area contributed by atoms with Gasteiger partial charge in [0, 0.05) is 0 Å². The van der Waals surface area contributed by atoms with Crippen molar-refractivity contribution in [2.75, 3.05) is 11.9 Å². The van der Waals surface area contributed by atoms with Crippen molar-refractivity contribution in [1.29, 1.82) is 0 Å². The number of carbonyl (C=O) groups excluding carboxylic acids is 2. The quantitative estimate of drug-likeness (QED) is 0.743. The summed E-state index contributed by atoms with van der Waals surface area (Å²) < 4.78 is 10.5. The molecular formula is C18H17Cl2NO4. The van der Waals surface area contributed by atoms with Crippen molar-refractivity contribution in [3.05, 3.63) is 58.1 Å². The van der Waals surface area contributed by atoms with Gasteiger partial charge in [0.15, 0.2) is 6.10 Å². The van der Waals surface area contributed by atoms with Gasteiger partial charge in [0.2, 0.25) is 0 Å². The lowest BCUT2D eigenvalue weighted by Crippen LogP contribution is -2.30. The maximum atomic E-state index is 12.3. The van der Waals surface area contributed by atoms with E-state index in [1.54, 1.807) is 50.2 Å². The lowest BCUT2D eigenvalue weighted by atomic mass is 10.2. The molecule has 0 aliphatic rings. The Hall–Kier alpha value is -2.24. The Morgan fingerprint density at radius 2 is 1.76 bits per heavy atom. The third kappa shape index (κ3) is 5.11. The van der Waals surface area contributed by atoms with Crippen LogP contribution in [0.2, 0.25) is 10.0 Å². The van der Waals surface area contributed by atoms with Gasteiger partial charge >= 0.3 is 5.97 Å². The van der Waals surface area contributed by atoms with E-state index in [2.05, 4.69) is 5.32 Å². The number of carbonyl (C=O) groups is 2. The summed E-state index contributed by atoms with van der Waals surface area (Å²) in [6.07, 6.45) is -0.829. The van der Waals surface area contributed by atoms with Crippen LogP contribution in [0.4, 0.5) is 5.69 Å². The smallest absolute Gasteiger partial charge is 0.338 e. The maximum absolute atomic E-state index is 12.3. The summed E-state index contributed by atoms with van der Waals surface area (Å²) in [7, 11) is 0. The van der Waals surface area contributed by atoms with E-state index in [4.69, 9.17) is 32.7 Å². The summed E-state index contributed by atoms with van der Waals surface area (Å²) in [6.45, 7) is 3.59. The Morgan fingerprint density at radius 1 is 1.12 bits per heavy atom. The Kier molecular flexibility index (Phi) is 6.67. The van der Waals surface area contributed by atoms with E-state index in [0.717, 1.165) is 0 Å². The molecule has 25 heavy (non-hydrogen) atoms.